The lowest BCUT2D eigenvalue weighted by atomic mass is 9.92. The number of hydrogen-bond donors (Lipinski definition) is 1. The molecular formula is C25H21N3O2. The Morgan fingerprint density at radius 2 is 1.60 bits per heavy atom. The molecule has 4 rings (SSSR count). The molecule has 1 aromatic heterocycles. The number of carbonyl (C=O) groups is 2. The van der Waals surface area contributed by atoms with Crippen molar-refractivity contribution < 1.29 is 9.59 Å². The summed E-state index contributed by atoms with van der Waals surface area (Å²) in [5, 5.41) is 12.7. The van der Waals surface area contributed by atoms with Gasteiger partial charge >= 0.3 is 0 Å². The van der Waals surface area contributed by atoms with E-state index in [9.17, 15) is 9.59 Å². The van der Waals surface area contributed by atoms with Gasteiger partial charge in [0.2, 0.25) is 5.91 Å². The highest BCUT2D eigenvalue weighted by Gasteiger charge is 2.18. The zero-order valence-corrected chi connectivity index (χ0v) is 17.1. The first-order valence-electron chi connectivity index (χ1n) is 9.69. The van der Waals surface area contributed by atoms with Crippen LogP contribution in [0.25, 0.3) is 33.3 Å². The first-order chi connectivity index (χ1) is 14.4. The lowest BCUT2D eigenvalue weighted by Gasteiger charge is -2.15. The lowest BCUT2D eigenvalue weighted by Crippen LogP contribution is -2.05. The summed E-state index contributed by atoms with van der Waals surface area (Å²) in [6.07, 6.45) is 0. The molecule has 0 unspecified atom stereocenters. The summed E-state index contributed by atoms with van der Waals surface area (Å²) in [6, 6.07) is 21.1. The van der Waals surface area contributed by atoms with Gasteiger partial charge in [-0.15, -0.1) is 10.2 Å². The number of aryl methyl sites for hydroxylation is 1. The summed E-state index contributed by atoms with van der Waals surface area (Å²) >= 11 is 0. The van der Waals surface area contributed by atoms with Crippen LogP contribution in [0.1, 0.15) is 29.8 Å². The third kappa shape index (κ3) is 3.70. The molecule has 0 aliphatic heterocycles. The molecule has 1 heterocycles. The topological polar surface area (TPSA) is 72.0 Å². The SMILES string of the molecule is CC(=O)Nc1ccc(-c2c(-c3ccccc3C(C)=O)nnc3cc(C)ccc23)cc1. The minimum Gasteiger partial charge on any atom is -0.326 e. The number of fused-ring (bicyclic) bond motifs is 1. The molecule has 0 saturated heterocycles. The summed E-state index contributed by atoms with van der Waals surface area (Å²) in [7, 11) is 0. The lowest BCUT2D eigenvalue weighted by molar-refractivity contribution is -0.114. The first-order valence-corrected chi connectivity index (χ1v) is 9.69. The van der Waals surface area contributed by atoms with Crippen LogP contribution in [0.15, 0.2) is 66.7 Å². The fourth-order valence-electron chi connectivity index (χ4n) is 3.62. The first kappa shape index (κ1) is 19.5. The number of rotatable bonds is 4. The quantitative estimate of drug-likeness (QED) is 0.468. The van der Waals surface area contributed by atoms with Crippen LogP contribution in [-0.4, -0.2) is 21.9 Å². The Hall–Kier alpha value is -3.86. The van der Waals surface area contributed by atoms with Crippen molar-refractivity contribution in [1.29, 1.82) is 0 Å². The normalized spacial score (nSPS) is 10.8. The number of Topliss-reactive ketones (excluding diaryl/α,β-unsaturated/α-hetero) is 1. The van der Waals surface area contributed by atoms with Gasteiger partial charge in [0.25, 0.3) is 0 Å². The summed E-state index contributed by atoms with van der Waals surface area (Å²) in [4.78, 5) is 23.6. The minimum atomic E-state index is -0.120. The third-order valence-corrected chi connectivity index (χ3v) is 4.97. The van der Waals surface area contributed by atoms with Crippen molar-refractivity contribution in [1.82, 2.24) is 10.2 Å². The second kappa shape index (κ2) is 7.87. The van der Waals surface area contributed by atoms with Gasteiger partial charge in [-0.25, -0.2) is 0 Å². The molecule has 0 saturated carbocycles. The van der Waals surface area contributed by atoms with Crippen molar-refractivity contribution in [3.63, 3.8) is 0 Å². The van der Waals surface area contributed by atoms with E-state index in [0.717, 1.165) is 38.8 Å². The van der Waals surface area contributed by atoms with Gasteiger partial charge in [0, 0.05) is 34.7 Å². The van der Waals surface area contributed by atoms with Gasteiger partial charge in [0.15, 0.2) is 5.78 Å². The zero-order valence-electron chi connectivity index (χ0n) is 17.1. The van der Waals surface area contributed by atoms with Crippen molar-refractivity contribution >= 4 is 28.3 Å². The van der Waals surface area contributed by atoms with Crippen LogP contribution in [-0.2, 0) is 4.79 Å². The number of aromatic nitrogens is 2. The van der Waals surface area contributed by atoms with E-state index in [-0.39, 0.29) is 11.7 Å². The summed E-state index contributed by atoms with van der Waals surface area (Å²) in [5.41, 5.74) is 6.46. The van der Waals surface area contributed by atoms with E-state index in [1.165, 1.54) is 6.92 Å². The van der Waals surface area contributed by atoms with E-state index in [1.54, 1.807) is 6.92 Å². The molecule has 0 radical (unpaired) electrons. The predicted octanol–water partition coefficient (Wildman–Crippen LogP) is 5.43. The Labute approximate surface area is 174 Å². The Balaban J connectivity index is 2.00. The Morgan fingerprint density at radius 3 is 2.30 bits per heavy atom. The Kier molecular flexibility index (Phi) is 5.11. The van der Waals surface area contributed by atoms with Crippen molar-refractivity contribution in [2.24, 2.45) is 0 Å². The molecule has 0 aliphatic carbocycles. The average Bonchev–Trinajstić information content (AvgIpc) is 2.73. The fourth-order valence-corrected chi connectivity index (χ4v) is 3.62. The average molecular weight is 395 g/mol. The van der Waals surface area contributed by atoms with Crippen molar-refractivity contribution in [2.45, 2.75) is 20.8 Å². The molecule has 1 amide bonds. The molecule has 0 aliphatic rings. The largest absolute Gasteiger partial charge is 0.326 e. The zero-order chi connectivity index (χ0) is 21.3. The van der Waals surface area contributed by atoms with Gasteiger partial charge in [-0.1, -0.05) is 48.5 Å². The number of benzene rings is 3. The van der Waals surface area contributed by atoms with Crippen molar-refractivity contribution in [3.8, 4) is 22.4 Å². The monoisotopic (exact) mass is 395 g/mol. The highest BCUT2D eigenvalue weighted by molar-refractivity contribution is 6.06. The maximum Gasteiger partial charge on any atom is 0.221 e. The molecule has 0 spiro atoms. The maximum atomic E-state index is 12.3. The van der Waals surface area contributed by atoms with Crippen LogP contribution in [0.5, 0.6) is 0 Å². The second-order valence-electron chi connectivity index (χ2n) is 7.30. The van der Waals surface area contributed by atoms with E-state index < -0.39 is 0 Å². The van der Waals surface area contributed by atoms with Gasteiger partial charge in [-0.05, 0) is 43.2 Å². The molecule has 5 nitrogen and oxygen atoms in total. The van der Waals surface area contributed by atoms with Crippen LogP contribution >= 0.6 is 0 Å². The van der Waals surface area contributed by atoms with Gasteiger partial charge < -0.3 is 5.32 Å². The van der Waals surface area contributed by atoms with E-state index in [2.05, 4.69) is 15.5 Å². The van der Waals surface area contributed by atoms with E-state index >= 15 is 0 Å². The number of hydrogen-bond acceptors (Lipinski definition) is 4. The molecule has 0 atom stereocenters. The van der Waals surface area contributed by atoms with Gasteiger partial charge in [-0.2, -0.15) is 0 Å². The summed E-state index contributed by atoms with van der Waals surface area (Å²) in [6.45, 7) is 5.05. The standard InChI is InChI=1S/C25H21N3O2/c1-15-8-13-22-23(14-15)27-28-25(21-7-5-4-6-20(21)16(2)29)24(22)18-9-11-19(12-10-18)26-17(3)30/h4-14H,1-3H3,(H,26,30). The maximum absolute atomic E-state index is 12.3. The van der Waals surface area contributed by atoms with Gasteiger partial charge in [0.1, 0.15) is 5.69 Å². The van der Waals surface area contributed by atoms with Crippen LogP contribution in [0.3, 0.4) is 0 Å². The number of nitrogens with one attached hydrogen (secondary N) is 1. The summed E-state index contributed by atoms with van der Waals surface area (Å²) < 4.78 is 0. The summed E-state index contributed by atoms with van der Waals surface area (Å²) in [5.74, 6) is -0.145. The molecule has 5 heteroatoms. The molecule has 3 aromatic carbocycles. The molecule has 1 N–H and O–H groups in total. The van der Waals surface area contributed by atoms with Crippen molar-refractivity contribution in [2.75, 3.05) is 5.32 Å². The third-order valence-electron chi connectivity index (χ3n) is 4.97. The number of anilines is 1. The highest BCUT2D eigenvalue weighted by Crippen LogP contribution is 2.37. The van der Waals surface area contributed by atoms with Gasteiger partial charge in [0.05, 0.1) is 5.52 Å². The molecular weight excluding hydrogens is 374 g/mol. The Morgan fingerprint density at radius 1 is 0.867 bits per heavy atom. The van der Waals surface area contributed by atoms with Crippen LogP contribution in [0.4, 0.5) is 5.69 Å². The molecule has 148 valence electrons. The van der Waals surface area contributed by atoms with E-state index in [1.807, 2.05) is 73.7 Å². The molecule has 4 aromatic rings. The number of nitrogens with zero attached hydrogens (tertiary/aromatic N) is 2. The van der Waals surface area contributed by atoms with E-state index in [0.29, 0.717) is 11.3 Å². The van der Waals surface area contributed by atoms with Crippen molar-refractivity contribution in [3.05, 3.63) is 77.9 Å². The Bertz CT molecular complexity index is 1280. The fraction of sp³-hybridized carbons (Fsp3) is 0.120. The van der Waals surface area contributed by atoms with E-state index in [4.69, 9.17) is 0 Å². The number of carbonyl (C=O) groups excluding carboxylic acids is 2. The van der Waals surface area contributed by atoms with Gasteiger partial charge in [-0.3, -0.25) is 9.59 Å². The highest BCUT2D eigenvalue weighted by atomic mass is 16.1. The molecule has 30 heavy (non-hydrogen) atoms. The predicted molar refractivity (Wildman–Crippen MR) is 119 cm³/mol. The molecule has 0 bridgehead atoms. The number of amides is 1. The smallest absolute Gasteiger partial charge is 0.221 e. The minimum absolute atomic E-state index is 0.0247. The van der Waals surface area contributed by atoms with Crippen LogP contribution in [0, 0.1) is 6.92 Å². The van der Waals surface area contributed by atoms with Crippen LogP contribution < -0.4 is 5.32 Å². The number of ketones is 1. The second-order valence-corrected chi connectivity index (χ2v) is 7.30. The van der Waals surface area contributed by atoms with Crippen LogP contribution in [0.2, 0.25) is 0 Å². The molecule has 0 fully saturated rings.